The van der Waals surface area contributed by atoms with E-state index in [4.69, 9.17) is 4.74 Å². The fourth-order valence-electron chi connectivity index (χ4n) is 1.47. The standard InChI is InChI=1S/C9H20NO2.C7H8O3S/c1-5-9(11)12-8-6-7-10(2,3)4;1-6-2-4-7(5-3-6)11-10-9-8/h5-8H2,1-4H3;2-5,8H,1H3/q+1;/p-1. The number of hydrogen-bond acceptors (Lipinski definition) is 6. The van der Waals surface area contributed by atoms with Crippen LogP contribution < -0.4 is 5.26 Å². The minimum Gasteiger partial charge on any atom is -0.691 e. The van der Waals surface area contributed by atoms with Crippen molar-refractivity contribution in [1.82, 2.24) is 0 Å². The number of nitrogens with zero attached hydrogens (tertiary/aromatic N) is 1. The van der Waals surface area contributed by atoms with Crippen LogP contribution in [0.5, 0.6) is 0 Å². The molecule has 0 atom stereocenters. The van der Waals surface area contributed by atoms with Crippen molar-refractivity contribution in [3.8, 4) is 0 Å². The Hall–Kier alpha value is -1.12. The molecule has 0 N–H and O–H groups in total. The van der Waals surface area contributed by atoms with E-state index in [0.29, 0.717) is 13.0 Å². The number of aryl methyl sites for hydroxylation is 1. The molecular formula is C16H27NO5S. The van der Waals surface area contributed by atoms with Crippen LogP contribution in [0.4, 0.5) is 0 Å². The van der Waals surface area contributed by atoms with Crippen LogP contribution in [0.15, 0.2) is 29.2 Å². The number of esters is 1. The van der Waals surface area contributed by atoms with Crippen molar-refractivity contribution in [3.63, 3.8) is 0 Å². The van der Waals surface area contributed by atoms with Gasteiger partial charge >= 0.3 is 5.97 Å². The monoisotopic (exact) mass is 345 g/mol. The number of rotatable bonds is 8. The van der Waals surface area contributed by atoms with E-state index in [9.17, 15) is 10.1 Å². The van der Waals surface area contributed by atoms with E-state index in [1.54, 1.807) is 0 Å². The molecule has 0 saturated heterocycles. The van der Waals surface area contributed by atoms with E-state index in [2.05, 4.69) is 30.5 Å². The topological polar surface area (TPSA) is 67.8 Å². The Morgan fingerprint density at radius 2 is 1.83 bits per heavy atom. The summed E-state index contributed by atoms with van der Waals surface area (Å²) in [4.78, 5) is 11.5. The predicted octanol–water partition coefficient (Wildman–Crippen LogP) is 2.26. The minimum absolute atomic E-state index is 0.101. The highest BCUT2D eigenvalue weighted by atomic mass is 32.2. The molecule has 1 aromatic carbocycles. The van der Waals surface area contributed by atoms with Crippen LogP contribution in [0, 0.1) is 6.92 Å². The highest BCUT2D eigenvalue weighted by molar-refractivity contribution is 7.94. The zero-order valence-corrected chi connectivity index (χ0v) is 15.4. The van der Waals surface area contributed by atoms with E-state index in [1.807, 2.05) is 38.1 Å². The Balaban J connectivity index is 0.000000422. The van der Waals surface area contributed by atoms with Gasteiger partial charge < -0.3 is 14.5 Å². The number of benzene rings is 1. The van der Waals surface area contributed by atoms with Crippen LogP contribution in [0.25, 0.3) is 0 Å². The molecule has 0 radical (unpaired) electrons. The summed E-state index contributed by atoms with van der Waals surface area (Å²) in [7, 11) is 6.38. The van der Waals surface area contributed by atoms with Crippen LogP contribution >= 0.6 is 12.0 Å². The van der Waals surface area contributed by atoms with Gasteiger partial charge in [0.15, 0.2) is 0 Å². The van der Waals surface area contributed by atoms with Crippen LogP contribution in [-0.2, 0) is 18.9 Å². The molecule has 0 aliphatic carbocycles. The zero-order chi connectivity index (χ0) is 17.7. The van der Waals surface area contributed by atoms with Gasteiger partial charge in [0.2, 0.25) is 0 Å². The van der Waals surface area contributed by atoms with Gasteiger partial charge in [0.05, 0.1) is 46.3 Å². The summed E-state index contributed by atoms with van der Waals surface area (Å²) >= 11 is 0.894. The summed E-state index contributed by atoms with van der Waals surface area (Å²) in [6, 6.07) is 7.55. The number of hydrogen-bond donors (Lipinski definition) is 0. The Bertz CT molecular complexity index is 431. The Morgan fingerprint density at radius 1 is 1.22 bits per heavy atom. The first kappa shape index (κ1) is 21.9. The van der Waals surface area contributed by atoms with Gasteiger partial charge in [0.1, 0.15) is 0 Å². The molecule has 0 aromatic heterocycles. The van der Waals surface area contributed by atoms with Crippen molar-refractivity contribution < 1.29 is 28.6 Å². The molecule has 132 valence electrons. The molecule has 0 spiro atoms. The van der Waals surface area contributed by atoms with Crippen molar-refractivity contribution in [3.05, 3.63) is 29.8 Å². The van der Waals surface area contributed by atoms with E-state index in [-0.39, 0.29) is 5.97 Å². The molecule has 6 nitrogen and oxygen atoms in total. The van der Waals surface area contributed by atoms with Gasteiger partial charge in [0.25, 0.3) is 0 Å². The second-order valence-corrected chi connectivity index (χ2v) is 6.75. The molecule has 1 aromatic rings. The number of carbonyl (C=O) groups excluding carboxylic acids is 1. The first-order chi connectivity index (χ1) is 10.8. The molecule has 7 heteroatoms. The second-order valence-electron chi connectivity index (χ2n) is 5.97. The van der Waals surface area contributed by atoms with Crippen LogP contribution in [0.3, 0.4) is 0 Å². The summed E-state index contributed by atoms with van der Waals surface area (Å²) in [5.41, 5.74) is 1.16. The average molecular weight is 345 g/mol. The number of quaternary nitrogens is 1. The average Bonchev–Trinajstić information content (AvgIpc) is 2.50. The molecule has 0 heterocycles. The van der Waals surface area contributed by atoms with E-state index in [1.165, 1.54) is 0 Å². The molecule has 0 saturated carbocycles. The van der Waals surface area contributed by atoms with Gasteiger partial charge in [-0.2, -0.15) is 4.33 Å². The first-order valence-electron chi connectivity index (χ1n) is 7.44. The molecule has 0 bridgehead atoms. The summed E-state index contributed by atoms with van der Waals surface area (Å²) in [5, 5.41) is 12.6. The molecule has 0 aliphatic heterocycles. The maximum atomic E-state index is 10.7. The fourth-order valence-corrected chi connectivity index (χ4v) is 1.83. The quantitative estimate of drug-likeness (QED) is 0.180. The molecule has 0 fully saturated rings. The van der Waals surface area contributed by atoms with Crippen LogP contribution in [0.1, 0.15) is 25.3 Å². The van der Waals surface area contributed by atoms with Gasteiger partial charge in [-0.15, -0.1) is 0 Å². The second kappa shape index (κ2) is 12.3. The molecule has 1 rings (SSSR count). The third kappa shape index (κ3) is 14.2. The normalized spacial score (nSPS) is 10.7. The Labute approximate surface area is 143 Å². The SMILES string of the molecule is CCC(=O)OCCC[N+](C)(C)C.Cc1ccc(SOO[O-])cc1. The lowest BCUT2D eigenvalue weighted by molar-refractivity contribution is -0.870. The van der Waals surface area contributed by atoms with Gasteiger partial charge in [-0.05, 0) is 19.1 Å². The van der Waals surface area contributed by atoms with Crippen molar-refractivity contribution in [2.75, 3.05) is 34.3 Å². The predicted molar refractivity (Wildman–Crippen MR) is 88.0 cm³/mol. The molecule has 23 heavy (non-hydrogen) atoms. The van der Waals surface area contributed by atoms with Crippen molar-refractivity contribution >= 4 is 18.0 Å². The summed E-state index contributed by atoms with van der Waals surface area (Å²) in [6.07, 6.45) is 1.42. The first-order valence-corrected chi connectivity index (χ1v) is 8.18. The van der Waals surface area contributed by atoms with Crippen molar-refractivity contribution in [2.45, 2.75) is 31.6 Å². The molecular weight excluding hydrogens is 318 g/mol. The fraction of sp³-hybridized carbons (Fsp3) is 0.562. The maximum absolute atomic E-state index is 10.7. The van der Waals surface area contributed by atoms with E-state index >= 15 is 0 Å². The van der Waals surface area contributed by atoms with Crippen LogP contribution in [-0.4, -0.2) is 44.7 Å². The smallest absolute Gasteiger partial charge is 0.305 e. The van der Waals surface area contributed by atoms with Crippen LogP contribution in [0.2, 0.25) is 0 Å². The lowest BCUT2D eigenvalue weighted by Crippen LogP contribution is -2.35. The van der Waals surface area contributed by atoms with Gasteiger partial charge in [-0.25, -0.2) is 0 Å². The van der Waals surface area contributed by atoms with Gasteiger partial charge in [-0.3, -0.25) is 9.83 Å². The third-order valence-electron chi connectivity index (χ3n) is 2.70. The summed E-state index contributed by atoms with van der Waals surface area (Å²) in [6.45, 7) is 5.39. The number of ether oxygens (including phenoxy) is 1. The van der Waals surface area contributed by atoms with Gasteiger partial charge in [-0.1, -0.05) is 24.6 Å². The zero-order valence-electron chi connectivity index (χ0n) is 14.5. The third-order valence-corrected chi connectivity index (χ3v) is 3.29. The lowest BCUT2D eigenvalue weighted by Gasteiger charge is -2.23. The van der Waals surface area contributed by atoms with E-state index < -0.39 is 0 Å². The Kier molecular flexibility index (Phi) is 11.7. The maximum Gasteiger partial charge on any atom is 0.305 e. The minimum atomic E-state index is -0.101. The highest BCUT2D eigenvalue weighted by Crippen LogP contribution is 2.18. The summed E-state index contributed by atoms with van der Waals surface area (Å²) < 4.78 is 9.98. The molecule has 0 unspecified atom stereocenters. The van der Waals surface area contributed by atoms with Crippen molar-refractivity contribution in [1.29, 1.82) is 0 Å². The Morgan fingerprint density at radius 3 is 2.30 bits per heavy atom. The van der Waals surface area contributed by atoms with E-state index in [0.717, 1.165) is 40.0 Å². The molecule has 0 amide bonds. The highest BCUT2D eigenvalue weighted by Gasteiger charge is 2.06. The lowest BCUT2D eigenvalue weighted by atomic mass is 10.2. The number of carbonyl (C=O) groups is 1. The van der Waals surface area contributed by atoms with Crippen molar-refractivity contribution in [2.24, 2.45) is 0 Å². The molecule has 0 aliphatic rings. The van der Waals surface area contributed by atoms with Gasteiger partial charge in [0, 0.05) is 17.7 Å². The summed E-state index contributed by atoms with van der Waals surface area (Å²) in [5.74, 6) is -0.101. The largest absolute Gasteiger partial charge is 0.691 e.